The minimum absolute atomic E-state index is 0.639. The third-order valence-electron chi connectivity index (χ3n) is 3.10. The zero-order chi connectivity index (χ0) is 18.9. The first-order valence-electron chi connectivity index (χ1n) is 6.24. The Bertz CT molecular complexity index is 608. The number of rotatable bonds is 6. The zero-order valence-corrected chi connectivity index (χ0v) is 12.5. The number of aliphatic carboxylic acids is 1. The number of carbonyl (C=O) groups is 1. The van der Waals surface area contributed by atoms with Crippen LogP contribution < -0.4 is 10.5 Å². The molecule has 10 nitrogen and oxygen atoms in total. The molecule has 0 aliphatic carbocycles. The van der Waals surface area contributed by atoms with Crippen LogP contribution in [0.3, 0.4) is 0 Å². The molecule has 0 radical (unpaired) electrons. The summed E-state index contributed by atoms with van der Waals surface area (Å²) in [4.78, 5) is 10.9. The van der Waals surface area contributed by atoms with Gasteiger partial charge in [0.05, 0.1) is 12.6 Å². The number of nitrogens with two attached hydrogens (primary N) is 1. The van der Waals surface area contributed by atoms with Crippen molar-refractivity contribution >= 4 is 16.0 Å². The van der Waals surface area contributed by atoms with Crippen molar-refractivity contribution < 1.29 is 51.5 Å². The van der Waals surface area contributed by atoms with Crippen LogP contribution in [0.5, 0.6) is 0 Å². The molecular weight excluding hydrogens is 365 g/mol. The second-order valence-electron chi connectivity index (χ2n) is 4.83. The lowest BCUT2D eigenvalue weighted by Crippen LogP contribution is -2.63. The fourth-order valence-electron chi connectivity index (χ4n) is 1.88. The number of hydrogen-bond donors (Lipinski definition) is 6. The van der Waals surface area contributed by atoms with E-state index < -0.39 is 64.3 Å². The molecule has 24 heavy (non-hydrogen) atoms. The van der Waals surface area contributed by atoms with E-state index in [1.807, 2.05) is 0 Å². The molecule has 0 saturated heterocycles. The fraction of sp³-hybridized carbons (Fsp3) is 0.700. The average molecular weight is 380 g/mol. The van der Waals surface area contributed by atoms with Gasteiger partial charge in [0.2, 0.25) is 5.76 Å². The van der Waals surface area contributed by atoms with Crippen LogP contribution in [0.25, 0.3) is 0 Å². The van der Waals surface area contributed by atoms with Crippen LogP contribution in [0.1, 0.15) is 0 Å². The summed E-state index contributed by atoms with van der Waals surface area (Å²) in [5, 5.41) is 36.8. The molecule has 0 aromatic carbocycles. The van der Waals surface area contributed by atoms with Gasteiger partial charge in [-0.25, -0.2) is 13.2 Å². The lowest BCUT2D eigenvalue weighted by molar-refractivity contribution is -0.144. The largest absolute Gasteiger partial charge is 0.511 e. The maximum Gasteiger partial charge on any atom is 0.511 e. The quantitative estimate of drug-likeness (QED) is 0.284. The van der Waals surface area contributed by atoms with E-state index in [9.17, 15) is 36.6 Å². The molecule has 0 spiro atoms. The number of carboxylic acids is 1. The molecule has 0 aromatic rings. The molecular formula is C10H15F3N2O8S. The topological polar surface area (TPSA) is 179 Å². The number of ether oxygens (including phenoxy) is 1. The van der Waals surface area contributed by atoms with E-state index in [4.69, 9.17) is 20.7 Å². The Morgan fingerprint density at radius 2 is 1.96 bits per heavy atom. The first-order valence-corrected chi connectivity index (χ1v) is 7.73. The van der Waals surface area contributed by atoms with Crippen LogP contribution in [0.2, 0.25) is 0 Å². The lowest BCUT2D eigenvalue weighted by atomic mass is 9.93. The van der Waals surface area contributed by atoms with Crippen molar-refractivity contribution in [3.8, 4) is 0 Å². The summed E-state index contributed by atoms with van der Waals surface area (Å²) in [5.41, 5.74) is -0.242. The van der Waals surface area contributed by atoms with E-state index in [-0.39, 0.29) is 0 Å². The molecule has 0 unspecified atom stereocenters. The molecule has 1 aliphatic heterocycles. The van der Waals surface area contributed by atoms with E-state index in [0.717, 1.165) is 4.72 Å². The summed E-state index contributed by atoms with van der Waals surface area (Å²) in [6.45, 7) is -1.05. The van der Waals surface area contributed by atoms with Crippen LogP contribution in [0, 0.1) is 0 Å². The highest BCUT2D eigenvalue weighted by molar-refractivity contribution is 7.90. The van der Waals surface area contributed by atoms with Crippen molar-refractivity contribution in [3.63, 3.8) is 0 Å². The highest BCUT2D eigenvalue weighted by Crippen LogP contribution is 2.27. The lowest BCUT2D eigenvalue weighted by Gasteiger charge is -2.38. The predicted octanol–water partition coefficient (Wildman–Crippen LogP) is -2.80. The van der Waals surface area contributed by atoms with Gasteiger partial charge in [0, 0.05) is 6.04 Å². The maximum atomic E-state index is 12.5. The third-order valence-corrected chi connectivity index (χ3v) is 4.29. The number of carboxylic acid groups (broad SMARTS) is 1. The van der Waals surface area contributed by atoms with Gasteiger partial charge >= 0.3 is 21.5 Å². The van der Waals surface area contributed by atoms with Crippen molar-refractivity contribution in [2.45, 2.75) is 35.9 Å². The Morgan fingerprint density at radius 1 is 1.42 bits per heavy atom. The fourth-order valence-corrected chi connectivity index (χ4v) is 2.66. The Balaban J connectivity index is 3.23. The molecule has 140 valence electrons. The highest BCUT2D eigenvalue weighted by Gasteiger charge is 2.51. The monoisotopic (exact) mass is 380 g/mol. The molecule has 0 fully saturated rings. The number of aliphatic hydroxyl groups excluding tert-OH is 3. The Hall–Kier alpha value is -1.45. The third kappa shape index (κ3) is 4.34. The van der Waals surface area contributed by atoms with Gasteiger partial charge in [-0.2, -0.15) is 17.9 Å². The van der Waals surface area contributed by atoms with Crippen LogP contribution in [-0.4, -0.2) is 77.3 Å². The van der Waals surface area contributed by atoms with Gasteiger partial charge in [-0.15, -0.1) is 0 Å². The van der Waals surface area contributed by atoms with Gasteiger partial charge in [-0.05, 0) is 6.08 Å². The van der Waals surface area contributed by atoms with Crippen LogP contribution >= 0.6 is 0 Å². The zero-order valence-electron chi connectivity index (χ0n) is 11.7. The summed E-state index contributed by atoms with van der Waals surface area (Å²) < 4.78 is 65.8. The number of sulfonamides is 1. The predicted molar refractivity (Wildman–Crippen MR) is 69.6 cm³/mol. The second kappa shape index (κ2) is 7.20. The molecule has 14 heteroatoms. The van der Waals surface area contributed by atoms with Gasteiger partial charge in [-0.1, -0.05) is 0 Å². The van der Waals surface area contributed by atoms with E-state index >= 15 is 0 Å². The van der Waals surface area contributed by atoms with Crippen molar-refractivity contribution in [2.24, 2.45) is 5.73 Å². The number of hydrogen-bond acceptors (Lipinski definition) is 8. The van der Waals surface area contributed by atoms with Gasteiger partial charge in [-0.3, -0.25) is 0 Å². The Kier molecular flexibility index (Phi) is 6.18. The van der Waals surface area contributed by atoms with Crippen LogP contribution in [0.15, 0.2) is 11.8 Å². The normalized spacial score (nSPS) is 27.8. The Labute approximate surface area is 133 Å². The molecule has 1 rings (SSSR count). The van der Waals surface area contributed by atoms with E-state index in [2.05, 4.69) is 0 Å². The molecule has 0 aromatic heterocycles. The first-order chi connectivity index (χ1) is 10.8. The van der Waals surface area contributed by atoms with Crippen LogP contribution in [-0.2, 0) is 19.6 Å². The standard InChI is InChI=1S/C10H15F3N2O8S/c11-10(12,13)24(21,22)15-6-3(14)1-5(9(19)20)23-8(6)7(18)4(17)2-16/h1,3-4,6-8,15-18H,2,14H2,(H,19,20)/t3-,4+,6+,7+,8+/m0/s1. The van der Waals surface area contributed by atoms with Crippen molar-refractivity contribution in [3.05, 3.63) is 11.8 Å². The van der Waals surface area contributed by atoms with Crippen molar-refractivity contribution in [1.29, 1.82) is 0 Å². The van der Waals surface area contributed by atoms with Crippen molar-refractivity contribution in [2.75, 3.05) is 6.61 Å². The van der Waals surface area contributed by atoms with E-state index in [1.165, 1.54) is 0 Å². The minimum Gasteiger partial charge on any atom is -0.479 e. The summed E-state index contributed by atoms with van der Waals surface area (Å²) in [5.74, 6) is -2.54. The van der Waals surface area contributed by atoms with Gasteiger partial charge < -0.3 is 30.9 Å². The maximum absolute atomic E-state index is 12.5. The van der Waals surface area contributed by atoms with Gasteiger partial charge in [0.1, 0.15) is 18.3 Å². The molecule has 0 saturated carbocycles. The molecule has 1 aliphatic rings. The number of aliphatic hydroxyl groups is 3. The van der Waals surface area contributed by atoms with Gasteiger partial charge in [0.25, 0.3) is 0 Å². The van der Waals surface area contributed by atoms with Crippen LogP contribution in [0.4, 0.5) is 13.2 Å². The molecule has 7 N–H and O–H groups in total. The molecule has 1 heterocycles. The molecule has 5 atom stereocenters. The SMILES string of the molecule is N[C@H]1C=C(C(=O)O)O[C@@H]([C@H](O)[C@H](O)CO)[C@@H]1NS(=O)(=O)C(F)(F)F. The molecule has 0 bridgehead atoms. The summed E-state index contributed by atoms with van der Waals surface area (Å²) >= 11 is 0. The number of nitrogens with one attached hydrogen (secondary N) is 1. The Morgan fingerprint density at radius 3 is 2.38 bits per heavy atom. The highest BCUT2D eigenvalue weighted by atomic mass is 32.2. The van der Waals surface area contributed by atoms with E-state index in [0.29, 0.717) is 6.08 Å². The average Bonchev–Trinajstić information content (AvgIpc) is 2.45. The number of halogens is 3. The summed E-state index contributed by atoms with van der Waals surface area (Å²) in [7, 11) is -5.91. The minimum atomic E-state index is -5.91. The summed E-state index contributed by atoms with van der Waals surface area (Å²) in [6.07, 6.45) is -5.45. The second-order valence-corrected chi connectivity index (χ2v) is 6.53. The van der Waals surface area contributed by atoms with E-state index in [1.54, 1.807) is 0 Å². The number of alkyl halides is 3. The first kappa shape index (κ1) is 20.6. The molecule has 0 amide bonds. The van der Waals surface area contributed by atoms with Crippen molar-refractivity contribution in [1.82, 2.24) is 4.72 Å². The van der Waals surface area contributed by atoms with Gasteiger partial charge in [0.15, 0.2) is 0 Å². The summed E-state index contributed by atoms with van der Waals surface area (Å²) in [6, 6.07) is -3.59. The smallest absolute Gasteiger partial charge is 0.479 e.